The molecule has 2 N–H and O–H groups in total. The first kappa shape index (κ1) is 32.5. The Morgan fingerprint density at radius 3 is 1.83 bits per heavy atom. The molecular formula is C34H43N3O5. The first-order valence-corrected chi connectivity index (χ1v) is 14.3. The van der Waals surface area contributed by atoms with Gasteiger partial charge in [0.15, 0.2) is 0 Å². The molecule has 3 unspecified atom stereocenters. The second-order valence-electron chi connectivity index (χ2n) is 11.4. The van der Waals surface area contributed by atoms with Crippen LogP contribution in [0.3, 0.4) is 0 Å². The number of carboxylic acid groups (broad SMARTS) is 1. The highest BCUT2D eigenvalue weighted by molar-refractivity contribution is 5.96. The number of carboxylic acids is 1. The van der Waals surface area contributed by atoms with E-state index in [2.05, 4.69) is 5.32 Å². The lowest BCUT2D eigenvalue weighted by atomic mass is 9.81. The van der Waals surface area contributed by atoms with Crippen LogP contribution in [-0.2, 0) is 26.4 Å². The Bertz CT molecular complexity index is 1310. The number of carbonyl (C=O) groups excluding carboxylic acids is 2. The number of hydrogen-bond donors (Lipinski definition) is 2. The number of nitrogens with zero attached hydrogens (tertiary/aromatic N) is 2. The quantitative estimate of drug-likeness (QED) is 0.275. The lowest BCUT2D eigenvalue weighted by Gasteiger charge is -2.47. The second kappa shape index (κ2) is 14.2. The third kappa shape index (κ3) is 7.84. The summed E-state index contributed by atoms with van der Waals surface area (Å²) in [6.07, 6.45) is -0.795. The Labute approximate surface area is 249 Å². The van der Waals surface area contributed by atoms with E-state index in [1.54, 1.807) is 49.9 Å². The molecule has 2 amide bonds. The normalized spacial score (nSPS) is 14.5. The van der Waals surface area contributed by atoms with E-state index in [1.165, 1.54) is 0 Å². The highest BCUT2D eigenvalue weighted by Crippen LogP contribution is 2.35. The Balaban J connectivity index is 2.29. The lowest BCUT2D eigenvalue weighted by molar-refractivity contribution is -0.150. The molecule has 0 saturated carbocycles. The van der Waals surface area contributed by atoms with E-state index in [-0.39, 0.29) is 13.1 Å². The van der Waals surface area contributed by atoms with Gasteiger partial charge in [-0.2, -0.15) is 0 Å². The number of benzene rings is 3. The summed E-state index contributed by atoms with van der Waals surface area (Å²) < 4.78 is 5.74. The molecule has 0 bridgehead atoms. The third-order valence-electron chi connectivity index (χ3n) is 7.14. The van der Waals surface area contributed by atoms with E-state index < -0.39 is 41.2 Å². The summed E-state index contributed by atoms with van der Waals surface area (Å²) in [7, 11) is 0. The van der Waals surface area contributed by atoms with E-state index in [0.29, 0.717) is 12.1 Å². The van der Waals surface area contributed by atoms with Crippen molar-refractivity contribution in [1.82, 2.24) is 15.1 Å². The molecule has 0 aliphatic rings. The van der Waals surface area contributed by atoms with Gasteiger partial charge in [-0.05, 0) is 57.5 Å². The molecule has 3 aromatic carbocycles. The van der Waals surface area contributed by atoms with Gasteiger partial charge in [-0.3, -0.25) is 14.5 Å². The van der Waals surface area contributed by atoms with Gasteiger partial charge in [-0.15, -0.1) is 0 Å². The number of amides is 2. The van der Waals surface area contributed by atoms with Crippen LogP contribution in [0.15, 0.2) is 91.0 Å². The fraction of sp³-hybridized carbons (Fsp3) is 0.382. The summed E-state index contributed by atoms with van der Waals surface area (Å²) in [4.78, 5) is 44.4. The molecule has 0 fully saturated rings. The zero-order valence-corrected chi connectivity index (χ0v) is 25.4. The van der Waals surface area contributed by atoms with Gasteiger partial charge in [0.1, 0.15) is 17.7 Å². The smallest absolute Gasteiger partial charge is 0.417 e. The average Bonchev–Trinajstić information content (AvgIpc) is 2.96. The standard InChI is InChI=1S/C34H43N3O5/c1-7-35-34(6,27-22-16-11-17-23-27)29(36(8-2)28(31(39)40)26-20-14-10-15-21-26)30(38)37(32(41)42-33(3,4)5)24-25-18-12-9-13-19-25/h9-23,28-29,35H,7-8,24H2,1-6H3,(H,39,40). The monoisotopic (exact) mass is 573 g/mol. The van der Waals surface area contributed by atoms with Crippen molar-refractivity contribution in [2.45, 2.75) is 71.3 Å². The van der Waals surface area contributed by atoms with E-state index in [0.717, 1.165) is 16.0 Å². The summed E-state index contributed by atoms with van der Waals surface area (Å²) in [6.45, 7) is 11.5. The molecule has 0 aromatic heterocycles. The van der Waals surface area contributed by atoms with Crippen LogP contribution in [0.1, 0.15) is 64.3 Å². The maximum Gasteiger partial charge on any atom is 0.417 e. The van der Waals surface area contributed by atoms with Gasteiger partial charge in [-0.1, -0.05) is 105 Å². The topological polar surface area (TPSA) is 99.2 Å². The van der Waals surface area contributed by atoms with E-state index in [9.17, 15) is 19.5 Å². The number of rotatable bonds is 12. The zero-order valence-electron chi connectivity index (χ0n) is 25.4. The molecule has 0 aliphatic carbocycles. The van der Waals surface area contributed by atoms with Gasteiger partial charge in [-0.25, -0.2) is 9.69 Å². The number of aliphatic carboxylic acids is 1. The summed E-state index contributed by atoms with van der Waals surface area (Å²) in [5.41, 5.74) is 0.0988. The summed E-state index contributed by atoms with van der Waals surface area (Å²) in [5.74, 6) is -1.66. The highest BCUT2D eigenvalue weighted by Gasteiger charge is 2.50. The van der Waals surface area contributed by atoms with Gasteiger partial charge in [0.05, 0.1) is 12.1 Å². The fourth-order valence-corrected chi connectivity index (χ4v) is 5.32. The predicted octanol–water partition coefficient (Wildman–Crippen LogP) is 5.99. The van der Waals surface area contributed by atoms with E-state index in [1.807, 2.05) is 87.5 Å². The first-order valence-electron chi connectivity index (χ1n) is 14.3. The van der Waals surface area contributed by atoms with Crippen LogP contribution < -0.4 is 5.32 Å². The zero-order chi connectivity index (χ0) is 30.9. The van der Waals surface area contributed by atoms with Crippen molar-refractivity contribution < 1.29 is 24.2 Å². The van der Waals surface area contributed by atoms with Crippen molar-refractivity contribution in [2.24, 2.45) is 0 Å². The van der Waals surface area contributed by atoms with Crippen LogP contribution in [0, 0.1) is 0 Å². The van der Waals surface area contributed by atoms with Crippen molar-refractivity contribution in [3.63, 3.8) is 0 Å². The third-order valence-corrected chi connectivity index (χ3v) is 7.14. The van der Waals surface area contributed by atoms with Crippen molar-refractivity contribution in [2.75, 3.05) is 13.1 Å². The number of imide groups is 1. The Kier molecular flexibility index (Phi) is 11.0. The summed E-state index contributed by atoms with van der Waals surface area (Å²) in [5, 5.41) is 14.1. The summed E-state index contributed by atoms with van der Waals surface area (Å²) >= 11 is 0. The fourth-order valence-electron chi connectivity index (χ4n) is 5.32. The Hall–Kier alpha value is -4.01. The van der Waals surface area contributed by atoms with Gasteiger partial charge < -0.3 is 15.2 Å². The number of nitrogens with one attached hydrogen (secondary N) is 1. The molecule has 0 saturated heterocycles. The van der Waals surface area contributed by atoms with Crippen LogP contribution in [0.4, 0.5) is 4.79 Å². The molecule has 8 heteroatoms. The van der Waals surface area contributed by atoms with Crippen molar-refractivity contribution in [1.29, 1.82) is 0 Å². The van der Waals surface area contributed by atoms with Gasteiger partial charge in [0, 0.05) is 0 Å². The molecule has 0 aliphatic heterocycles. The maximum atomic E-state index is 15.0. The minimum Gasteiger partial charge on any atom is -0.480 e. The predicted molar refractivity (Wildman–Crippen MR) is 164 cm³/mol. The van der Waals surface area contributed by atoms with Gasteiger partial charge in [0.25, 0.3) is 5.91 Å². The van der Waals surface area contributed by atoms with Gasteiger partial charge >= 0.3 is 12.1 Å². The SMILES string of the molecule is CCNC(C)(c1ccccc1)C(C(=O)N(Cc1ccccc1)C(=O)OC(C)(C)C)N(CC)C(C(=O)O)c1ccccc1. The van der Waals surface area contributed by atoms with Crippen molar-refractivity contribution in [3.8, 4) is 0 Å². The number of likely N-dealkylation sites (N-methyl/N-ethyl adjacent to an activating group) is 2. The molecule has 3 aromatic rings. The minimum atomic E-state index is -1.16. The first-order chi connectivity index (χ1) is 19.9. The maximum absolute atomic E-state index is 15.0. The van der Waals surface area contributed by atoms with Crippen LogP contribution in [0.25, 0.3) is 0 Å². The van der Waals surface area contributed by atoms with Crippen LogP contribution >= 0.6 is 0 Å². The number of hydrogen-bond acceptors (Lipinski definition) is 6. The molecule has 224 valence electrons. The molecule has 3 atom stereocenters. The summed E-state index contributed by atoms with van der Waals surface area (Å²) in [6, 6.07) is 25.2. The lowest BCUT2D eigenvalue weighted by Crippen LogP contribution is -2.65. The molecule has 3 rings (SSSR count). The van der Waals surface area contributed by atoms with Crippen LogP contribution in [-0.4, -0.2) is 57.6 Å². The van der Waals surface area contributed by atoms with E-state index in [4.69, 9.17) is 4.74 Å². The van der Waals surface area contributed by atoms with Crippen molar-refractivity contribution >= 4 is 18.0 Å². The van der Waals surface area contributed by atoms with Crippen molar-refractivity contribution in [3.05, 3.63) is 108 Å². The molecule has 8 nitrogen and oxygen atoms in total. The Morgan fingerprint density at radius 2 is 1.36 bits per heavy atom. The van der Waals surface area contributed by atoms with E-state index >= 15 is 0 Å². The molecular weight excluding hydrogens is 530 g/mol. The highest BCUT2D eigenvalue weighted by atomic mass is 16.6. The molecule has 0 spiro atoms. The number of ether oxygens (including phenoxy) is 1. The van der Waals surface area contributed by atoms with Crippen LogP contribution in [0.5, 0.6) is 0 Å². The molecule has 0 radical (unpaired) electrons. The average molecular weight is 574 g/mol. The van der Waals surface area contributed by atoms with Gasteiger partial charge in [0.2, 0.25) is 0 Å². The second-order valence-corrected chi connectivity index (χ2v) is 11.4. The molecule has 42 heavy (non-hydrogen) atoms. The Morgan fingerprint density at radius 1 is 0.833 bits per heavy atom. The largest absolute Gasteiger partial charge is 0.480 e. The number of carbonyl (C=O) groups is 3. The molecule has 0 heterocycles. The van der Waals surface area contributed by atoms with Crippen LogP contribution in [0.2, 0.25) is 0 Å². The minimum absolute atomic E-state index is 0.0390.